The molecule has 40 heavy (non-hydrogen) atoms. The maximum absolute atomic E-state index is 12.8. The van der Waals surface area contributed by atoms with Gasteiger partial charge in [-0.3, -0.25) is 9.62 Å². The van der Waals surface area contributed by atoms with Crippen LogP contribution in [-0.2, 0) is 23.0 Å². The lowest BCUT2D eigenvalue weighted by Crippen LogP contribution is -2.50. The molecule has 0 saturated carbocycles. The summed E-state index contributed by atoms with van der Waals surface area (Å²) < 4.78 is 31.0. The Labute approximate surface area is 244 Å². The predicted octanol–water partition coefficient (Wildman–Crippen LogP) is 5.51. The first-order valence-electron chi connectivity index (χ1n) is 13.4. The molecule has 1 aliphatic rings. The summed E-state index contributed by atoms with van der Waals surface area (Å²) in [4.78, 5) is 17.2. The van der Waals surface area contributed by atoms with Crippen LogP contribution < -0.4 is 14.8 Å². The quantitative estimate of drug-likeness (QED) is 0.309. The molecular formula is C30H39ClN4O4S. The van der Waals surface area contributed by atoms with Gasteiger partial charge in [0.1, 0.15) is 11.5 Å². The van der Waals surface area contributed by atoms with Crippen molar-refractivity contribution in [3.05, 3.63) is 90.0 Å². The van der Waals surface area contributed by atoms with E-state index in [0.717, 1.165) is 50.9 Å². The van der Waals surface area contributed by atoms with E-state index in [1.165, 1.54) is 11.1 Å². The lowest BCUT2D eigenvalue weighted by atomic mass is 10.0. The first kappa shape index (κ1) is 31.3. The van der Waals surface area contributed by atoms with E-state index in [2.05, 4.69) is 39.2 Å². The van der Waals surface area contributed by atoms with Gasteiger partial charge in [-0.15, -0.1) is 12.4 Å². The molecule has 3 aromatic rings. The molecule has 4 rings (SSSR count). The lowest BCUT2D eigenvalue weighted by Gasteiger charge is -2.38. The predicted molar refractivity (Wildman–Crippen MR) is 163 cm³/mol. The Balaban J connectivity index is 0.00000441. The molecule has 0 spiro atoms. The summed E-state index contributed by atoms with van der Waals surface area (Å²) in [6.45, 7) is 6.15. The number of halogens is 1. The van der Waals surface area contributed by atoms with Gasteiger partial charge >= 0.3 is 6.03 Å². The molecule has 2 N–H and O–H groups in total. The minimum atomic E-state index is -3.31. The van der Waals surface area contributed by atoms with Crippen LogP contribution in [0.4, 0.5) is 10.5 Å². The number of nitrogens with zero attached hydrogens (tertiary/aromatic N) is 2. The molecule has 8 nitrogen and oxygen atoms in total. The van der Waals surface area contributed by atoms with E-state index in [1.807, 2.05) is 42.2 Å². The third-order valence-electron chi connectivity index (χ3n) is 6.85. The largest absolute Gasteiger partial charge is 0.457 e. The summed E-state index contributed by atoms with van der Waals surface area (Å²) >= 11 is 0. The molecule has 0 atom stereocenters. The molecule has 1 aliphatic heterocycles. The molecule has 0 unspecified atom stereocenters. The number of benzene rings is 3. The molecule has 1 heterocycles. The summed E-state index contributed by atoms with van der Waals surface area (Å²) in [6.07, 6.45) is 3.88. The van der Waals surface area contributed by atoms with Crippen molar-refractivity contribution >= 4 is 34.1 Å². The Morgan fingerprint density at radius 2 is 1.52 bits per heavy atom. The van der Waals surface area contributed by atoms with Crippen molar-refractivity contribution in [2.45, 2.75) is 38.8 Å². The second-order valence-electron chi connectivity index (χ2n) is 9.91. The minimum Gasteiger partial charge on any atom is -0.457 e. The number of nitrogens with one attached hydrogen (secondary N) is 2. The zero-order valence-corrected chi connectivity index (χ0v) is 24.7. The SMILES string of the molecule is CCN(C(=O)NCCc1ccccc1)C1CCN(Cc2ccc(Oc3ccc(NS(C)(=O)=O)cc3)cc2)CC1.Cl. The van der Waals surface area contributed by atoms with Crippen LogP contribution in [0, 0.1) is 0 Å². The molecule has 3 aromatic carbocycles. The van der Waals surface area contributed by atoms with Gasteiger partial charge in [-0.05, 0) is 73.7 Å². The van der Waals surface area contributed by atoms with E-state index < -0.39 is 10.0 Å². The van der Waals surface area contributed by atoms with E-state index in [9.17, 15) is 13.2 Å². The molecule has 216 valence electrons. The van der Waals surface area contributed by atoms with Crippen molar-refractivity contribution < 1.29 is 17.9 Å². The molecule has 0 radical (unpaired) electrons. The van der Waals surface area contributed by atoms with Crippen LogP contribution in [0.5, 0.6) is 11.5 Å². The standard InChI is InChI=1S/C30H38N4O4S.ClH/c1-3-34(30(35)31-20-17-24-7-5-4-6-8-24)27-18-21-33(22-19-27)23-25-9-13-28(14-10-25)38-29-15-11-26(12-16-29)32-39(2,36)37;/h4-16,27,32H,3,17-23H2,1-2H3,(H,31,35);1H. The molecule has 0 bridgehead atoms. The Bertz CT molecular complexity index is 1300. The summed E-state index contributed by atoms with van der Waals surface area (Å²) in [5.41, 5.74) is 2.93. The Hall–Kier alpha value is -3.27. The average molecular weight is 587 g/mol. The number of likely N-dealkylation sites (tertiary alicyclic amines) is 1. The van der Waals surface area contributed by atoms with Crippen molar-refractivity contribution in [1.82, 2.24) is 15.1 Å². The van der Waals surface area contributed by atoms with E-state index in [-0.39, 0.29) is 24.5 Å². The van der Waals surface area contributed by atoms with E-state index in [1.54, 1.807) is 24.3 Å². The number of rotatable bonds is 11. The monoisotopic (exact) mass is 586 g/mol. The second kappa shape index (κ2) is 14.9. The summed E-state index contributed by atoms with van der Waals surface area (Å²) in [5, 5.41) is 3.10. The number of urea groups is 1. The van der Waals surface area contributed by atoms with Gasteiger partial charge in [0.05, 0.1) is 6.26 Å². The Morgan fingerprint density at radius 3 is 2.10 bits per heavy atom. The maximum Gasteiger partial charge on any atom is 0.317 e. The molecule has 0 aromatic heterocycles. The van der Waals surface area contributed by atoms with Crippen LogP contribution in [0.3, 0.4) is 0 Å². The average Bonchev–Trinajstić information content (AvgIpc) is 2.92. The number of piperidine rings is 1. The number of sulfonamides is 1. The molecule has 0 aliphatic carbocycles. The highest BCUT2D eigenvalue weighted by Gasteiger charge is 2.26. The topological polar surface area (TPSA) is 91.0 Å². The number of carbonyl (C=O) groups excluding carboxylic acids is 1. The van der Waals surface area contributed by atoms with Crippen LogP contribution in [0.1, 0.15) is 30.9 Å². The molecular weight excluding hydrogens is 548 g/mol. The fraction of sp³-hybridized carbons (Fsp3) is 0.367. The van der Waals surface area contributed by atoms with E-state index >= 15 is 0 Å². The zero-order chi connectivity index (χ0) is 27.7. The van der Waals surface area contributed by atoms with Gasteiger partial charge in [0.15, 0.2) is 0 Å². The molecule has 1 fully saturated rings. The van der Waals surface area contributed by atoms with Crippen LogP contribution >= 0.6 is 12.4 Å². The lowest BCUT2D eigenvalue weighted by molar-refractivity contribution is 0.120. The molecule has 2 amide bonds. The highest BCUT2D eigenvalue weighted by atomic mass is 35.5. The van der Waals surface area contributed by atoms with Crippen LogP contribution in [-0.4, -0.2) is 62.7 Å². The highest BCUT2D eigenvalue weighted by Crippen LogP contribution is 2.25. The fourth-order valence-corrected chi connectivity index (χ4v) is 5.44. The van der Waals surface area contributed by atoms with Gasteiger partial charge in [0.25, 0.3) is 0 Å². The Morgan fingerprint density at radius 1 is 0.925 bits per heavy atom. The van der Waals surface area contributed by atoms with Crippen molar-refractivity contribution in [2.24, 2.45) is 0 Å². The van der Waals surface area contributed by atoms with Gasteiger partial charge in [-0.25, -0.2) is 13.2 Å². The highest BCUT2D eigenvalue weighted by molar-refractivity contribution is 7.92. The van der Waals surface area contributed by atoms with Gasteiger partial charge in [0.2, 0.25) is 10.0 Å². The van der Waals surface area contributed by atoms with Gasteiger partial charge in [0, 0.05) is 44.5 Å². The fourth-order valence-electron chi connectivity index (χ4n) is 4.88. The number of amides is 2. The third kappa shape index (κ3) is 9.73. The number of ether oxygens (including phenoxy) is 1. The number of carbonyl (C=O) groups is 1. The number of anilines is 1. The molecule has 10 heteroatoms. The van der Waals surface area contributed by atoms with Crippen molar-refractivity contribution in [1.29, 1.82) is 0 Å². The van der Waals surface area contributed by atoms with Gasteiger partial charge in [-0.2, -0.15) is 0 Å². The summed E-state index contributed by atoms with van der Waals surface area (Å²) in [7, 11) is -3.31. The van der Waals surface area contributed by atoms with Crippen LogP contribution in [0.25, 0.3) is 0 Å². The van der Waals surface area contributed by atoms with Crippen molar-refractivity contribution in [3.63, 3.8) is 0 Å². The van der Waals surface area contributed by atoms with Crippen LogP contribution in [0.2, 0.25) is 0 Å². The van der Waals surface area contributed by atoms with Crippen LogP contribution in [0.15, 0.2) is 78.9 Å². The number of hydrogen-bond acceptors (Lipinski definition) is 5. The normalized spacial score (nSPS) is 14.2. The van der Waals surface area contributed by atoms with E-state index in [4.69, 9.17) is 4.74 Å². The first-order valence-corrected chi connectivity index (χ1v) is 15.3. The maximum atomic E-state index is 12.8. The smallest absolute Gasteiger partial charge is 0.317 e. The Kier molecular flexibility index (Phi) is 11.7. The van der Waals surface area contributed by atoms with Gasteiger partial charge in [-0.1, -0.05) is 42.5 Å². The number of hydrogen-bond donors (Lipinski definition) is 2. The second-order valence-corrected chi connectivity index (χ2v) is 11.7. The van der Waals surface area contributed by atoms with E-state index in [0.29, 0.717) is 24.5 Å². The third-order valence-corrected chi connectivity index (χ3v) is 7.46. The zero-order valence-electron chi connectivity index (χ0n) is 23.1. The summed E-state index contributed by atoms with van der Waals surface area (Å²) in [5.74, 6) is 1.35. The summed E-state index contributed by atoms with van der Waals surface area (Å²) in [6, 6.07) is 25.3. The molecule has 1 saturated heterocycles. The van der Waals surface area contributed by atoms with Gasteiger partial charge < -0.3 is 15.0 Å². The van der Waals surface area contributed by atoms with Crippen molar-refractivity contribution in [2.75, 3.05) is 37.2 Å². The first-order chi connectivity index (χ1) is 18.8. The minimum absolute atomic E-state index is 0. The van der Waals surface area contributed by atoms with Crippen molar-refractivity contribution in [3.8, 4) is 11.5 Å².